The lowest BCUT2D eigenvalue weighted by Gasteiger charge is -2.31. The van der Waals surface area contributed by atoms with Crippen LogP contribution in [0.1, 0.15) is 53.4 Å². The summed E-state index contributed by atoms with van der Waals surface area (Å²) >= 11 is 0. The van der Waals surface area contributed by atoms with Crippen molar-refractivity contribution in [3.63, 3.8) is 0 Å². The van der Waals surface area contributed by atoms with Gasteiger partial charge in [0.05, 0.1) is 0 Å². The van der Waals surface area contributed by atoms with E-state index < -0.39 is 8.32 Å². The monoisotopic (exact) mass is 244 g/mol. The molecular weight excluding hydrogens is 216 g/mol. The zero-order chi connectivity index (χ0) is 12.4. The Morgan fingerprint density at radius 3 is 2.00 bits per heavy atom. The molecular formula is C13H28O2Si. The van der Waals surface area contributed by atoms with Crippen molar-refractivity contribution in [1.29, 1.82) is 0 Å². The van der Waals surface area contributed by atoms with Crippen LogP contribution in [0.2, 0.25) is 18.1 Å². The second-order valence-corrected chi connectivity index (χ2v) is 9.25. The van der Waals surface area contributed by atoms with E-state index in [0.717, 1.165) is 37.3 Å². The molecule has 0 bridgehead atoms. The van der Waals surface area contributed by atoms with Crippen molar-refractivity contribution >= 4 is 14.6 Å². The average Bonchev–Trinajstić information content (AvgIpc) is 2.34. The molecule has 1 atom stereocenters. The summed E-state index contributed by atoms with van der Waals surface area (Å²) in [7, 11) is -1.59. The van der Waals surface area contributed by atoms with E-state index in [-0.39, 0.29) is 6.10 Å². The molecule has 0 amide bonds. The SMILES string of the molecule is CCCCC[C@@H](C=O)O[Si](CC)(CC)CC. The summed E-state index contributed by atoms with van der Waals surface area (Å²) < 4.78 is 6.15. The maximum Gasteiger partial charge on any atom is 0.193 e. The van der Waals surface area contributed by atoms with E-state index in [2.05, 4.69) is 27.7 Å². The van der Waals surface area contributed by atoms with Crippen LogP contribution in [0.4, 0.5) is 0 Å². The first-order valence-electron chi connectivity index (χ1n) is 6.81. The summed E-state index contributed by atoms with van der Waals surface area (Å²) in [5.41, 5.74) is 0. The fraction of sp³-hybridized carbons (Fsp3) is 0.923. The van der Waals surface area contributed by atoms with Gasteiger partial charge in [-0.15, -0.1) is 0 Å². The molecule has 96 valence electrons. The number of carbonyl (C=O) groups is 1. The van der Waals surface area contributed by atoms with Crippen molar-refractivity contribution in [3.8, 4) is 0 Å². The predicted octanol–water partition coefficient (Wildman–Crippen LogP) is 4.16. The van der Waals surface area contributed by atoms with Crippen LogP contribution in [0.3, 0.4) is 0 Å². The van der Waals surface area contributed by atoms with Crippen LogP contribution in [0.5, 0.6) is 0 Å². The van der Waals surface area contributed by atoms with Crippen LogP contribution in [-0.2, 0) is 9.22 Å². The molecule has 0 radical (unpaired) electrons. The van der Waals surface area contributed by atoms with Gasteiger partial charge in [0.2, 0.25) is 0 Å². The smallest absolute Gasteiger partial charge is 0.193 e. The third-order valence-corrected chi connectivity index (χ3v) is 8.25. The van der Waals surface area contributed by atoms with Gasteiger partial charge in [0.25, 0.3) is 0 Å². The molecule has 0 aliphatic rings. The third kappa shape index (κ3) is 5.26. The van der Waals surface area contributed by atoms with Gasteiger partial charge in [-0.25, -0.2) is 0 Å². The molecule has 0 rings (SSSR count). The fourth-order valence-corrected chi connectivity index (χ4v) is 4.89. The Morgan fingerprint density at radius 2 is 1.62 bits per heavy atom. The van der Waals surface area contributed by atoms with Gasteiger partial charge in [-0.2, -0.15) is 0 Å². The molecule has 0 saturated heterocycles. The quantitative estimate of drug-likeness (QED) is 0.328. The van der Waals surface area contributed by atoms with Gasteiger partial charge in [0.1, 0.15) is 12.4 Å². The summed E-state index contributed by atoms with van der Waals surface area (Å²) in [6.45, 7) is 8.79. The maximum atomic E-state index is 11.0. The summed E-state index contributed by atoms with van der Waals surface area (Å²) in [5, 5.41) is 0. The van der Waals surface area contributed by atoms with Crippen molar-refractivity contribution in [1.82, 2.24) is 0 Å². The largest absolute Gasteiger partial charge is 0.407 e. The van der Waals surface area contributed by atoms with Crippen molar-refractivity contribution in [3.05, 3.63) is 0 Å². The van der Waals surface area contributed by atoms with Crippen LogP contribution >= 0.6 is 0 Å². The number of unbranched alkanes of at least 4 members (excludes halogenated alkanes) is 2. The van der Waals surface area contributed by atoms with Gasteiger partial charge in [0, 0.05) is 0 Å². The van der Waals surface area contributed by atoms with Crippen molar-refractivity contribution in [2.24, 2.45) is 0 Å². The third-order valence-electron chi connectivity index (χ3n) is 3.58. The zero-order valence-corrected chi connectivity index (χ0v) is 12.4. The summed E-state index contributed by atoms with van der Waals surface area (Å²) in [6.07, 6.45) is 5.29. The molecule has 0 unspecified atom stereocenters. The lowest BCUT2D eigenvalue weighted by Crippen LogP contribution is -2.40. The molecule has 0 aliphatic heterocycles. The first-order chi connectivity index (χ1) is 7.67. The standard InChI is InChI=1S/C13H28O2Si/c1-5-9-10-11-13(12-14)15-16(6-2,7-3)8-4/h12-13H,5-11H2,1-4H3/t13-/m0/s1. The molecule has 0 aliphatic carbocycles. The minimum absolute atomic E-state index is 0.141. The van der Waals surface area contributed by atoms with Crippen LogP contribution in [-0.4, -0.2) is 20.7 Å². The summed E-state index contributed by atoms with van der Waals surface area (Å²) in [6, 6.07) is 3.37. The van der Waals surface area contributed by atoms with E-state index in [1.165, 1.54) is 12.8 Å². The molecule has 0 aromatic carbocycles. The van der Waals surface area contributed by atoms with Crippen molar-refractivity contribution < 1.29 is 9.22 Å². The Kier molecular flexibility index (Phi) is 8.85. The van der Waals surface area contributed by atoms with Gasteiger partial charge in [-0.1, -0.05) is 47.0 Å². The molecule has 16 heavy (non-hydrogen) atoms. The first kappa shape index (κ1) is 15.8. The summed E-state index contributed by atoms with van der Waals surface area (Å²) in [4.78, 5) is 11.0. The highest BCUT2D eigenvalue weighted by atomic mass is 28.4. The first-order valence-corrected chi connectivity index (χ1v) is 9.34. The molecule has 0 aromatic rings. The highest BCUT2D eigenvalue weighted by Gasteiger charge is 2.31. The van der Waals surface area contributed by atoms with E-state index in [4.69, 9.17) is 4.43 Å². The molecule has 0 fully saturated rings. The Hall–Kier alpha value is -0.153. The number of aldehydes is 1. The second-order valence-electron chi connectivity index (χ2n) is 4.53. The summed E-state index contributed by atoms with van der Waals surface area (Å²) in [5.74, 6) is 0. The normalized spacial score (nSPS) is 13.8. The maximum absolute atomic E-state index is 11.0. The van der Waals surface area contributed by atoms with Crippen LogP contribution < -0.4 is 0 Å². The average molecular weight is 244 g/mol. The van der Waals surface area contributed by atoms with Gasteiger partial charge < -0.3 is 9.22 Å². The topological polar surface area (TPSA) is 26.3 Å². The van der Waals surface area contributed by atoms with E-state index in [0.29, 0.717) is 0 Å². The van der Waals surface area contributed by atoms with E-state index in [1.54, 1.807) is 0 Å². The van der Waals surface area contributed by atoms with E-state index >= 15 is 0 Å². The molecule has 2 nitrogen and oxygen atoms in total. The number of hydrogen-bond acceptors (Lipinski definition) is 2. The van der Waals surface area contributed by atoms with Crippen LogP contribution in [0.15, 0.2) is 0 Å². The minimum Gasteiger partial charge on any atom is -0.407 e. The zero-order valence-electron chi connectivity index (χ0n) is 11.4. The van der Waals surface area contributed by atoms with Gasteiger partial charge >= 0.3 is 0 Å². The van der Waals surface area contributed by atoms with Crippen LogP contribution in [0, 0.1) is 0 Å². The van der Waals surface area contributed by atoms with E-state index in [9.17, 15) is 4.79 Å². The van der Waals surface area contributed by atoms with Gasteiger partial charge in [0.15, 0.2) is 8.32 Å². The molecule has 0 N–H and O–H groups in total. The number of rotatable bonds is 10. The fourth-order valence-electron chi connectivity index (χ4n) is 2.07. The second kappa shape index (κ2) is 8.94. The minimum atomic E-state index is -1.59. The van der Waals surface area contributed by atoms with Crippen LogP contribution in [0.25, 0.3) is 0 Å². The highest BCUT2D eigenvalue weighted by molar-refractivity contribution is 6.73. The molecule has 0 heterocycles. The molecule has 0 saturated carbocycles. The van der Waals surface area contributed by atoms with E-state index in [1.807, 2.05) is 0 Å². The highest BCUT2D eigenvalue weighted by Crippen LogP contribution is 2.24. The predicted molar refractivity (Wildman–Crippen MR) is 72.3 cm³/mol. The van der Waals surface area contributed by atoms with Crippen molar-refractivity contribution in [2.75, 3.05) is 0 Å². The number of hydrogen-bond donors (Lipinski definition) is 0. The Balaban J connectivity index is 4.20. The lowest BCUT2D eigenvalue weighted by atomic mass is 10.1. The molecule has 0 spiro atoms. The molecule has 3 heteroatoms. The number of carbonyl (C=O) groups excluding carboxylic acids is 1. The van der Waals surface area contributed by atoms with Crippen molar-refractivity contribution in [2.45, 2.75) is 77.6 Å². The lowest BCUT2D eigenvalue weighted by molar-refractivity contribution is -0.114. The Bertz CT molecular complexity index is 171. The molecule has 0 aromatic heterocycles. The van der Waals surface area contributed by atoms with Gasteiger partial charge in [-0.3, -0.25) is 0 Å². The Morgan fingerprint density at radius 1 is 1.06 bits per heavy atom. The van der Waals surface area contributed by atoms with Gasteiger partial charge in [-0.05, 0) is 24.6 Å². The Labute approximate surface area is 102 Å².